The first kappa shape index (κ1) is 19.9. The highest BCUT2D eigenvalue weighted by Crippen LogP contribution is 2.33. The predicted octanol–water partition coefficient (Wildman–Crippen LogP) is 5.64. The summed E-state index contributed by atoms with van der Waals surface area (Å²) in [5.74, 6) is 1.29. The molecular weight excluding hydrogens is 400 g/mol. The summed E-state index contributed by atoms with van der Waals surface area (Å²) in [6.45, 7) is 2.23. The lowest BCUT2D eigenvalue weighted by atomic mass is 10.1. The first-order chi connectivity index (χ1) is 14.6. The molecule has 0 spiro atoms. The molecule has 0 bridgehead atoms. The van der Waals surface area contributed by atoms with Gasteiger partial charge in [0.05, 0.1) is 41.9 Å². The van der Waals surface area contributed by atoms with Gasteiger partial charge in [0.15, 0.2) is 0 Å². The Labute approximate surface area is 179 Å². The quantitative estimate of drug-likeness (QED) is 0.439. The number of carbonyl (C=O) groups excluding carboxylic acids is 1. The second kappa shape index (κ2) is 8.51. The number of benzene rings is 2. The van der Waals surface area contributed by atoms with E-state index in [1.807, 2.05) is 72.2 Å². The zero-order chi connectivity index (χ0) is 21.1. The van der Waals surface area contributed by atoms with Crippen molar-refractivity contribution in [2.45, 2.75) is 13.5 Å². The number of nitrogens with one attached hydrogen (secondary N) is 1. The Morgan fingerprint density at radius 2 is 1.87 bits per heavy atom. The summed E-state index contributed by atoms with van der Waals surface area (Å²) in [5.41, 5.74) is 4.00. The van der Waals surface area contributed by atoms with Gasteiger partial charge in [0, 0.05) is 5.69 Å². The Morgan fingerprint density at radius 1 is 1.10 bits per heavy atom. The number of methoxy groups -OCH3 is 1. The fraction of sp³-hybridized carbons (Fsp3) is 0.125. The maximum absolute atomic E-state index is 13.0. The number of hydrogen-bond donors (Lipinski definition) is 1. The zero-order valence-corrected chi connectivity index (χ0v) is 17.4. The van der Waals surface area contributed by atoms with E-state index in [1.54, 1.807) is 19.4 Å². The van der Waals surface area contributed by atoms with Crippen LogP contribution in [-0.2, 0) is 6.54 Å². The number of hydrogen-bond acceptors (Lipinski definition) is 3. The van der Waals surface area contributed by atoms with Crippen molar-refractivity contribution in [3.05, 3.63) is 95.0 Å². The van der Waals surface area contributed by atoms with Crippen molar-refractivity contribution in [3.63, 3.8) is 0 Å². The van der Waals surface area contributed by atoms with Crippen LogP contribution in [0.25, 0.3) is 16.9 Å². The summed E-state index contributed by atoms with van der Waals surface area (Å²) in [4.78, 5) is 13.0. The first-order valence-corrected chi connectivity index (χ1v) is 9.88. The normalized spacial score (nSPS) is 10.8. The molecule has 0 aliphatic rings. The Hall–Kier alpha value is -3.44. The predicted molar refractivity (Wildman–Crippen MR) is 117 cm³/mol. The SMILES string of the molecule is COc1ccc(-c2cc(C(=O)NCc3ccco3)c(C)n2-c2ccccc2Cl)cc1. The Morgan fingerprint density at radius 3 is 2.53 bits per heavy atom. The second-order valence-electron chi connectivity index (χ2n) is 6.81. The summed E-state index contributed by atoms with van der Waals surface area (Å²) >= 11 is 6.50. The van der Waals surface area contributed by atoms with Gasteiger partial charge in [-0.1, -0.05) is 23.7 Å². The molecule has 30 heavy (non-hydrogen) atoms. The molecule has 0 saturated heterocycles. The lowest BCUT2D eigenvalue weighted by molar-refractivity contribution is 0.0947. The number of para-hydroxylation sites is 1. The molecule has 2 aromatic heterocycles. The lowest BCUT2D eigenvalue weighted by Crippen LogP contribution is -2.23. The largest absolute Gasteiger partial charge is 0.497 e. The van der Waals surface area contributed by atoms with Crippen molar-refractivity contribution in [2.24, 2.45) is 0 Å². The van der Waals surface area contributed by atoms with E-state index in [4.69, 9.17) is 20.8 Å². The number of ether oxygens (including phenoxy) is 1. The van der Waals surface area contributed by atoms with Crippen molar-refractivity contribution in [1.29, 1.82) is 0 Å². The molecule has 0 unspecified atom stereocenters. The van der Waals surface area contributed by atoms with E-state index < -0.39 is 0 Å². The molecule has 0 saturated carbocycles. The minimum absolute atomic E-state index is 0.176. The van der Waals surface area contributed by atoms with Crippen LogP contribution in [0.5, 0.6) is 5.75 Å². The molecule has 2 aromatic carbocycles. The smallest absolute Gasteiger partial charge is 0.253 e. The molecule has 5 nitrogen and oxygen atoms in total. The van der Waals surface area contributed by atoms with Crippen molar-refractivity contribution < 1.29 is 13.9 Å². The molecule has 0 atom stereocenters. The van der Waals surface area contributed by atoms with Gasteiger partial charge in [-0.2, -0.15) is 0 Å². The van der Waals surface area contributed by atoms with Crippen LogP contribution < -0.4 is 10.1 Å². The van der Waals surface area contributed by atoms with Crippen LogP contribution in [0.15, 0.2) is 77.4 Å². The Kier molecular flexibility index (Phi) is 5.63. The van der Waals surface area contributed by atoms with E-state index in [0.717, 1.165) is 28.4 Å². The van der Waals surface area contributed by atoms with Gasteiger partial charge in [-0.3, -0.25) is 4.79 Å². The van der Waals surface area contributed by atoms with Crippen LogP contribution in [0.1, 0.15) is 21.8 Å². The van der Waals surface area contributed by atoms with Crippen LogP contribution in [0.4, 0.5) is 0 Å². The fourth-order valence-corrected chi connectivity index (χ4v) is 3.65. The van der Waals surface area contributed by atoms with Gasteiger partial charge >= 0.3 is 0 Å². The summed E-state index contributed by atoms with van der Waals surface area (Å²) in [6, 6.07) is 20.8. The molecule has 1 amide bonds. The number of nitrogens with zero attached hydrogens (tertiary/aromatic N) is 1. The maximum atomic E-state index is 13.0. The minimum atomic E-state index is -0.176. The molecule has 0 fully saturated rings. The van der Waals surface area contributed by atoms with Crippen LogP contribution in [-0.4, -0.2) is 17.6 Å². The maximum Gasteiger partial charge on any atom is 0.253 e. The zero-order valence-electron chi connectivity index (χ0n) is 16.7. The van der Waals surface area contributed by atoms with Gasteiger partial charge in [0.25, 0.3) is 5.91 Å². The van der Waals surface area contributed by atoms with E-state index in [1.165, 1.54) is 0 Å². The highest BCUT2D eigenvalue weighted by Gasteiger charge is 2.21. The molecule has 2 heterocycles. The molecular formula is C24H21ClN2O3. The average Bonchev–Trinajstić information content (AvgIpc) is 3.40. The third-order valence-electron chi connectivity index (χ3n) is 4.97. The van der Waals surface area contributed by atoms with E-state index in [9.17, 15) is 4.79 Å². The van der Waals surface area contributed by atoms with Crippen molar-refractivity contribution in [1.82, 2.24) is 9.88 Å². The average molecular weight is 421 g/mol. The molecule has 0 radical (unpaired) electrons. The monoisotopic (exact) mass is 420 g/mol. The minimum Gasteiger partial charge on any atom is -0.497 e. The van der Waals surface area contributed by atoms with Crippen molar-refractivity contribution in [3.8, 4) is 22.7 Å². The molecule has 0 aliphatic heterocycles. The van der Waals surface area contributed by atoms with Crippen LogP contribution in [0.3, 0.4) is 0 Å². The number of furan rings is 1. The van der Waals surface area contributed by atoms with Gasteiger partial charge < -0.3 is 19.0 Å². The molecule has 0 aliphatic carbocycles. The molecule has 4 aromatic rings. The number of halogens is 1. The highest BCUT2D eigenvalue weighted by molar-refractivity contribution is 6.32. The van der Waals surface area contributed by atoms with E-state index >= 15 is 0 Å². The van der Waals surface area contributed by atoms with Crippen LogP contribution in [0, 0.1) is 6.92 Å². The third kappa shape index (κ3) is 3.84. The van der Waals surface area contributed by atoms with Gasteiger partial charge in [0.2, 0.25) is 0 Å². The van der Waals surface area contributed by atoms with Crippen LogP contribution in [0.2, 0.25) is 5.02 Å². The molecule has 6 heteroatoms. The number of aromatic nitrogens is 1. The van der Waals surface area contributed by atoms with Gasteiger partial charge in [-0.25, -0.2) is 0 Å². The molecule has 4 rings (SSSR count). The van der Waals surface area contributed by atoms with E-state index in [-0.39, 0.29) is 5.91 Å². The topological polar surface area (TPSA) is 56.4 Å². The fourth-order valence-electron chi connectivity index (χ4n) is 3.43. The van der Waals surface area contributed by atoms with Gasteiger partial charge in [-0.05, 0) is 67.1 Å². The summed E-state index contributed by atoms with van der Waals surface area (Å²) in [6.07, 6.45) is 1.59. The summed E-state index contributed by atoms with van der Waals surface area (Å²) < 4.78 is 12.6. The Bertz CT molecular complexity index is 1160. The van der Waals surface area contributed by atoms with E-state index in [0.29, 0.717) is 22.9 Å². The number of carbonyl (C=O) groups is 1. The third-order valence-corrected chi connectivity index (χ3v) is 5.29. The standard InChI is InChI=1S/C24H21ClN2O3/c1-16-20(24(28)26-15-19-6-5-13-30-19)14-23(17-9-11-18(29-2)12-10-17)27(16)22-8-4-3-7-21(22)25/h3-14H,15H2,1-2H3,(H,26,28). The lowest BCUT2D eigenvalue weighted by Gasteiger charge is -2.14. The summed E-state index contributed by atoms with van der Waals surface area (Å²) in [5, 5.41) is 3.52. The highest BCUT2D eigenvalue weighted by atomic mass is 35.5. The number of rotatable bonds is 6. The van der Waals surface area contributed by atoms with Crippen molar-refractivity contribution in [2.75, 3.05) is 7.11 Å². The molecule has 1 N–H and O–H groups in total. The van der Waals surface area contributed by atoms with E-state index in [2.05, 4.69) is 5.32 Å². The number of amides is 1. The van der Waals surface area contributed by atoms with Gasteiger partial charge in [-0.15, -0.1) is 0 Å². The Balaban J connectivity index is 1.78. The first-order valence-electron chi connectivity index (χ1n) is 9.50. The van der Waals surface area contributed by atoms with Gasteiger partial charge in [0.1, 0.15) is 11.5 Å². The van der Waals surface area contributed by atoms with Crippen LogP contribution >= 0.6 is 11.6 Å². The second-order valence-corrected chi connectivity index (χ2v) is 7.21. The van der Waals surface area contributed by atoms with Crippen molar-refractivity contribution >= 4 is 17.5 Å². The molecule has 152 valence electrons. The summed E-state index contributed by atoms with van der Waals surface area (Å²) in [7, 11) is 1.63.